The lowest BCUT2D eigenvalue weighted by Gasteiger charge is -2.01. The lowest BCUT2D eigenvalue weighted by molar-refractivity contribution is 0.630. The minimum absolute atomic E-state index is 0.0225. The van der Waals surface area contributed by atoms with Gasteiger partial charge in [-0.25, -0.2) is 4.79 Å². The number of nitrogens with zero attached hydrogens (tertiary/aromatic N) is 2. The van der Waals surface area contributed by atoms with Gasteiger partial charge in [0, 0.05) is 18.6 Å². The molecule has 1 heterocycles. The van der Waals surface area contributed by atoms with E-state index in [1.54, 1.807) is 22.2 Å². The summed E-state index contributed by atoms with van der Waals surface area (Å²) in [6.07, 6.45) is 0.783. The third-order valence-electron chi connectivity index (χ3n) is 2.69. The van der Waals surface area contributed by atoms with Gasteiger partial charge in [0.2, 0.25) is 0 Å². The number of rotatable bonds is 3. The van der Waals surface area contributed by atoms with Gasteiger partial charge in [-0.05, 0) is 31.2 Å². The van der Waals surface area contributed by atoms with Crippen molar-refractivity contribution < 1.29 is 0 Å². The second-order valence-electron chi connectivity index (χ2n) is 3.77. The lowest BCUT2D eigenvalue weighted by atomic mass is 10.3. The van der Waals surface area contributed by atoms with E-state index in [9.17, 15) is 4.79 Å². The van der Waals surface area contributed by atoms with E-state index in [1.807, 2.05) is 12.1 Å². The van der Waals surface area contributed by atoms with Gasteiger partial charge in [0.15, 0.2) is 0 Å². The summed E-state index contributed by atoms with van der Waals surface area (Å²) in [5, 5.41) is 0.639. The molecule has 1 aromatic carbocycles. The van der Waals surface area contributed by atoms with Crippen molar-refractivity contribution in [3.05, 3.63) is 33.7 Å². The van der Waals surface area contributed by atoms with Crippen LogP contribution in [0.4, 0.5) is 0 Å². The minimum atomic E-state index is -0.0225. The highest BCUT2D eigenvalue weighted by molar-refractivity contribution is 6.31. The van der Waals surface area contributed by atoms with Gasteiger partial charge in [-0.3, -0.25) is 9.13 Å². The Morgan fingerprint density at radius 1 is 1.38 bits per heavy atom. The molecule has 0 atom stereocenters. The zero-order valence-corrected chi connectivity index (χ0v) is 9.87. The van der Waals surface area contributed by atoms with Gasteiger partial charge in [-0.1, -0.05) is 11.6 Å². The van der Waals surface area contributed by atoms with E-state index in [1.165, 1.54) is 0 Å². The van der Waals surface area contributed by atoms with Gasteiger partial charge in [-0.15, -0.1) is 0 Å². The molecule has 0 saturated heterocycles. The quantitative estimate of drug-likeness (QED) is 0.879. The first-order valence-electron chi connectivity index (χ1n) is 5.20. The van der Waals surface area contributed by atoms with Gasteiger partial charge in [-0.2, -0.15) is 0 Å². The Morgan fingerprint density at radius 2 is 2.12 bits per heavy atom. The van der Waals surface area contributed by atoms with E-state index in [-0.39, 0.29) is 5.69 Å². The molecule has 0 aliphatic carbocycles. The van der Waals surface area contributed by atoms with E-state index in [0.29, 0.717) is 18.1 Å². The van der Waals surface area contributed by atoms with Gasteiger partial charge >= 0.3 is 5.69 Å². The summed E-state index contributed by atoms with van der Waals surface area (Å²) in [7, 11) is 1.76. The van der Waals surface area contributed by atoms with Crippen LogP contribution in [0.1, 0.15) is 6.42 Å². The Hall–Kier alpha value is -1.26. The number of aryl methyl sites for hydroxylation is 2. The molecule has 5 heteroatoms. The smallest absolute Gasteiger partial charge is 0.328 e. The van der Waals surface area contributed by atoms with Crippen LogP contribution in [0.3, 0.4) is 0 Å². The predicted molar refractivity (Wildman–Crippen MR) is 65.9 cm³/mol. The predicted octanol–water partition coefficient (Wildman–Crippen LogP) is 1.34. The van der Waals surface area contributed by atoms with Crippen LogP contribution in [0.15, 0.2) is 23.0 Å². The van der Waals surface area contributed by atoms with Crippen molar-refractivity contribution in [3.63, 3.8) is 0 Å². The van der Waals surface area contributed by atoms with E-state index in [0.717, 1.165) is 17.5 Å². The topological polar surface area (TPSA) is 53.0 Å². The van der Waals surface area contributed by atoms with E-state index in [4.69, 9.17) is 17.3 Å². The second-order valence-corrected chi connectivity index (χ2v) is 4.20. The summed E-state index contributed by atoms with van der Waals surface area (Å²) in [6, 6.07) is 5.46. The second kappa shape index (κ2) is 4.31. The van der Waals surface area contributed by atoms with Crippen LogP contribution in [-0.4, -0.2) is 15.7 Å². The minimum Gasteiger partial charge on any atom is -0.330 e. The first-order valence-corrected chi connectivity index (χ1v) is 5.58. The molecule has 0 radical (unpaired) electrons. The summed E-state index contributed by atoms with van der Waals surface area (Å²) < 4.78 is 3.34. The summed E-state index contributed by atoms with van der Waals surface area (Å²) >= 11 is 5.94. The van der Waals surface area contributed by atoms with Crippen LogP contribution in [0.25, 0.3) is 11.0 Å². The first kappa shape index (κ1) is 11.2. The summed E-state index contributed by atoms with van der Waals surface area (Å²) in [5.41, 5.74) is 7.20. The van der Waals surface area contributed by atoms with Crippen LogP contribution >= 0.6 is 11.6 Å². The number of halogens is 1. The van der Waals surface area contributed by atoms with Crippen LogP contribution in [0.5, 0.6) is 0 Å². The lowest BCUT2D eigenvalue weighted by Crippen LogP contribution is -2.23. The molecule has 2 aromatic rings. The largest absolute Gasteiger partial charge is 0.330 e. The number of imidazole rings is 1. The zero-order valence-electron chi connectivity index (χ0n) is 9.11. The highest BCUT2D eigenvalue weighted by atomic mass is 35.5. The fraction of sp³-hybridized carbons (Fsp3) is 0.364. The first-order chi connectivity index (χ1) is 7.65. The molecule has 86 valence electrons. The fourth-order valence-electron chi connectivity index (χ4n) is 1.85. The number of nitrogens with two attached hydrogens (primary N) is 1. The molecule has 4 nitrogen and oxygen atoms in total. The zero-order chi connectivity index (χ0) is 11.7. The van der Waals surface area contributed by atoms with Crippen molar-refractivity contribution in [2.75, 3.05) is 6.54 Å². The van der Waals surface area contributed by atoms with Gasteiger partial charge < -0.3 is 5.73 Å². The molecule has 0 spiro atoms. The van der Waals surface area contributed by atoms with E-state index < -0.39 is 0 Å². The Labute approximate surface area is 98.2 Å². The normalized spacial score (nSPS) is 11.2. The standard InChI is InChI=1S/C11H14ClN3O/c1-14-9-4-3-8(12)7-10(9)15(11(14)16)6-2-5-13/h3-4,7H,2,5-6,13H2,1H3. The van der Waals surface area contributed by atoms with Crippen molar-refractivity contribution in [1.82, 2.24) is 9.13 Å². The van der Waals surface area contributed by atoms with Crippen molar-refractivity contribution in [2.45, 2.75) is 13.0 Å². The number of fused-ring (bicyclic) bond motifs is 1. The molecule has 0 amide bonds. The molecular formula is C11H14ClN3O. The number of hydrogen-bond donors (Lipinski definition) is 1. The maximum atomic E-state index is 11.9. The van der Waals surface area contributed by atoms with E-state index >= 15 is 0 Å². The summed E-state index contributed by atoms with van der Waals surface area (Å²) in [4.78, 5) is 11.9. The third-order valence-corrected chi connectivity index (χ3v) is 2.93. The van der Waals surface area contributed by atoms with Gasteiger partial charge in [0.25, 0.3) is 0 Å². The fourth-order valence-corrected chi connectivity index (χ4v) is 2.02. The van der Waals surface area contributed by atoms with Gasteiger partial charge in [0.1, 0.15) is 0 Å². The molecule has 0 aliphatic heterocycles. The van der Waals surface area contributed by atoms with Crippen LogP contribution < -0.4 is 11.4 Å². The van der Waals surface area contributed by atoms with Crippen molar-refractivity contribution in [2.24, 2.45) is 12.8 Å². The van der Waals surface area contributed by atoms with Crippen molar-refractivity contribution in [1.29, 1.82) is 0 Å². The Balaban J connectivity index is 2.66. The van der Waals surface area contributed by atoms with Crippen molar-refractivity contribution in [3.8, 4) is 0 Å². The maximum absolute atomic E-state index is 11.9. The number of hydrogen-bond acceptors (Lipinski definition) is 2. The molecule has 0 fully saturated rings. The number of benzene rings is 1. The molecule has 0 saturated carbocycles. The Kier molecular flexibility index (Phi) is 3.03. The monoisotopic (exact) mass is 239 g/mol. The summed E-state index contributed by atoms with van der Waals surface area (Å²) in [5.74, 6) is 0. The Bertz CT molecular complexity index is 570. The average molecular weight is 240 g/mol. The summed E-state index contributed by atoms with van der Waals surface area (Å²) in [6.45, 7) is 1.20. The average Bonchev–Trinajstić information content (AvgIpc) is 2.50. The molecule has 2 N–H and O–H groups in total. The van der Waals surface area contributed by atoms with E-state index in [2.05, 4.69) is 0 Å². The van der Waals surface area contributed by atoms with Gasteiger partial charge in [0.05, 0.1) is 11.0 Å². The molecule has 0 unspecified atom stereocenters. The van der Waals surface area contributed by atoms with Crippen LogP contribution in [0.2, 0.25) is 5.02 Å². The highest BCUT2D eigenvalue weighted by Crippen LogP contribution is 2.18. The SMILES string of the molecule is Cn1c(=O)n(CCCN)c2cc(Cl)ccc21. The molecule has 2 rings (SSSR count). The molecule has 0 bridgehead atoms. The third kappa shape index (κ3) is 1.74. The van der Waals surface area contributed by atoms with Crippen molar-refractivity contribution >= 4 is 22.6 Å². The number of aromatic nitrogens is 2. The molecule has 1 aromatic heterocycles. The Morgan fingerprint density at radius 3 is 2.81 bits per heavy atom. The highest BCUT2D eigenvalue weighted by Gasteiger charge is 2.09. The van der Waals surface area contributed by atoms with Crippen LogP contribution in [-0.2, 0) is 13.6 Å². The molecule has 16 heavy (non-hydrogen) atoms. The maximum Gasteiger partial charge on any atom is 0.328 e. The molecular weight excluding hydrogens is 226 g/mol. The molecule has 0 aliphatic rings. The van der Waals surface area contributed by atoms with Crippen LogP contribution in [0, 0.1) is 0 Å².